The van der Waals surface area contributed by atoms with Crippen LogP contribution in [0.15, 0.2) is 0 Å². The van der Waals surface area contributed by atoms with Gasteiger partial charge >= 0.3 is 0 Å². The third-order valence-electron chi connectivity index (χ3n) is 3.33. The van der Waals surface area contributed by atoms with Crippen LogP contribution in [0.2, 0.25) is 0 Å². The predicted molar refractivity (Wildman–Crippen MR) is 63.0 cm³/mol. The summed E-state index contributed by atoms with van der Waals surface area (Å²) in [5.74, 6) is 0. The molecule has 0 aromatic carbocycles. The van der Waals surface area contributed by atoms with E-state index in [1.54, 1.807) is 7.11 Å². The van der Waals surface area contributed by atoms with Crippen LogP contribution in [-0.4, -0.2) is 56.9 Å². The number of likely N-dealkylation sites (tertiary alicyclic amines) is 1. The summed E-state index contributed by atoms with van der Waals surface area (Å²) in [6.45, 7) is 5.88. The fourth-order valence-corrected chi connectivity index (χ4v) is 2.19. The van der Waals surface area contributed by atoms with Crippen molar-refractivity contribution >= 4 is 0 Å². The Morgan fingerprint density at radius 2 is 2.33 bits per heavy atom. The molecule has 1 saturated heterocycles. The van der Waals surface area contributed by atoms with Gasteiger partial charge in [-0.2, -0.15) is 0 Å². The minimum atomic E-state index is 0.0970. The molecule has 0 spiro atoms. The Balaban J connectivity index is 2.44. The summed E-state index contributed by atoms with van der Waals surface area (Å²) in [6.07, 6.45) is 2.65. The van der Waals surface area contributed by atoms with Crippen LogP contribution in [0.3, 0.4) is 0 Å². The molecule has 3 N–H and O–H groups in total. The van der Waals surface area contributed by atoms with Crippen molar-refractivity contribution in [3.63, 3.8) is 0 Å². The van der Waals surface area contributed by atoms with E-state index in [9.17, 15) is 0 Å². The summed E-state index contributed by atoms with van der Waals surface area (Å²) in [6, 6.07) is 0. The van der Waals surface area contributed by atoms with Gasteiger partial charge in [0.15, 0.2) is 0 Å². The van der Waals surface area contributed by atoms with Gasteiger partial charge in [0.2, 0.25) is 0 Å². The van der Waals surface area contributed by atoms with E-state index in [2.05, 4.69) is 24.2 Å². The number of nitrogens with one attached hydrogen (secondary N) is 1. The van der Waals surface area contributed by atoms with E-state index < -0.39 is 0 Å². The molecule has 4 nitrogen and oxygen atoms in total. The summed E-state index contributed by atoms with van der Waals surface area (Å²) >= 11 is 0. The molecule has 2 atom stereocenters. The highest BCUT2D eigenvalue weighted by Crippen LogP contribution is 2.19. The fourth-order valence-electron chi connectivity index (χ4n) is 2.19. The van der Waals surface area contributed by atoms with Crippen LogP contribution in [0.25, 0.3) is 0 Å². The second-order valence-electron chi connectivity index (χ2n) is 4.75. The Bertz CT molecular complexity index is 189. The lowest BCUT2D eigenvalue weighted by Gasteiger charge is -2.42. The molecule has 0 bridgehead atoms. The monoisotopic (exact) mass is 215 g/mol. The number of hydrogen-bond acceptors (Lipinski definition) is 4. The largest absolute Gasteiger partial charge is 0.380 e. The maximum Gasteiger partial charge on any atom is 0.0667 e. The topological polar surface area (TPSA) is 50.5 Å². The smallest absolute Gasteiger partial charge is 0.0667 e. The molecule has 2 unspecified atom stereocenters. The highest BCUT2D eigenvalue weighted by atomic mass is 16.5. The average Bonchev–Trinajstić information content (AvgIpc) is 2.26. The number of nitrogens with two attached hydrogens (primary N) is 1. The Morgan fingerprint density at radius 3 is 2.87 bits per heavy atom. The van der Waals surface area contributed by atoms with Crippen LogP contribution < -0.4 is 11.1 Å². The van der Waals surface area contributed by atoms with Gasteiger partial charge in [-0.05, 0) is 33.4 Å². The molecule has 15 heavy (non-hydrogen) atoms. The minimum Gasteiger partial charge on any atom is -0.380 e. The summed E-state index contributed by atoms with van der Waals surface area (Å²) in [7, 11) is 3.90. The number of methoxy groups -OCH3 is 1. The Labute approximate surface area is 93.1 Å². The van der Waals surface area contributed by atoms with E-state index in [1.165, 1.54) is 19.4 Å². The second kappa shape index (κ2) is 5.80. The summed E-state index contributed by atoms with van der Waals surface area (Å²) in [4.78, 5) is 2.35. The molecule has 0 aliphatic carbocycles. The van der Waals surface area contributed by atoms with Crippen LogP contribution in [0.1, 0.15) is 19.8 Å². The molecular weight excluding hydrogens is 190 g/mol. The molecule has 1 heterocycles. The molecule has 1 fully saturated rings. The van der Waals surface area contributed by atoms with Crippen molar-refractivity contribution < 1.29 is 4.74 Å². The lowest BCUT2D eigenvalue weighted by molar-refractivity contribution is 0.0892. The van der Waals surface area contributed by atoms with Gasteiger partial charge in [0.25, 0.3) is 0 Å². The van der Waals surface area contributed by atoms with Crippen LogP contribution >= 0.6 is 0 Å². The number of hydrogen-bond donors (Lipinski definition) is 2. The third kappa shape index (κ3) is 3.72. The Morgan fingerprint density at radius 1 is 1.60 bits per heavy atom. The van der Waals surface area contributed by atoms with Gasteiger partial charge in [0.05, 0.1) is 6.10 Å². The van der Waals surface area contributed by atoms with E-state index in [4.69, 9.17) is 10.5 Å². The third-order valence-corrected chi connectivity index (χ3v) is 3.33. The first-order valence-corrected chi connectivity index (χ1v) is 5.78. The number of rotatable bonds is 5. The van der Waals surface area contributed by atoms with Crippen LogP contribution in [-0.2, 0) is 4.74 Å². The quantitative estimate of drug-likeness (QED) is 0.679. The van der Waals surface area contributed by atoms with Gasteiger partial charge in [-0.1, -0.05) is 0 Å². The summed E-state index contributed by atoms with van der Waals surface area (Å²) in [5, 5.41) is 3.57. The van der Waals surface area contributed by atoms with Gasteiger partial charge in [-0.15, -0.1) is 0 Å². The van der Waals surface area contributed by atoms with Gasteiger partial charge in [-0.3, -0.25) is 0 Å². The number of ether oxygens (including phenoxy) is 1. The fraction of sp³-hybridized carbons (Fsp3) is 1.00. The normalized spacial score (nSPS) is 30.4. The molecule has 4 heteroatoms. The predicted octanol–water partition coefficient (Wildman–Crippen LogP) is 0.0340. The first-order valence-electron chi connectivity index (χ1n) is 5.78. The van der Waals surface area contributed by atoms with Crippen molar-refractivity contribution in [2.45, 2.75) is 31.4 Å². The number of piperidine rings is 1. The molecule has 1 rings (SSSR count). The van der Waals surface area contributed by atoms with Crippen molar-refractivity contribution in [1.82, 2.24) is 10.2 Å². The second-order valence-corrected chi connectivity index (χ2v) is 4.75. The lowest BCUT2D eigenvalue weighted by Crippen LogP contribution is -2.61. The maximum absolute atomic E-state index is 5.90. The summed E-state index contributed by atoms with van der Waals surface area (Å²) in [5.41, 5.74) is 6.00. The van der Waals surface area contributed by atoms with E-state index in [-0.39, 0.29) is 11.6 Å². The molecule has 0 radical (unpaired) electrons. The average molecular weight is 215 g/mol. The molecule has 1 aliphatic heterocycles. The standard InChI is InChI=1S/C11H25N3O/c1-10(15-3)7-13-11(8-12)5-4-6-14(2)9-11/h10,13H,4-9,12H2,1-3H3. The van der Waals surface area contributed by atoms with E-state index >= 15 is 0 Å². The van der Waals surface area contributed by atoms with E-state index in [0.717, 1.165) is 13.1 Å². The highest BCUT2D eigenvalue weighted by molar-refractivity contribution is 4.95. The Hall–Kier alpha value is -0.160. The molecule has 90 valence electrons. The SMILES string of the molecule is COC(C)CNC1(CN)CCCN(C)C1. The first kappa shape index (κ1) is 12.9. The molecule has 0 amide bonds. The molecule has 0 aromatic rings. The zero-order valence-corrected chi connectivity index (χ0v) is 10.3. The lowest BCUT2D eigenvalue weighted by atomic mass is 9.89. The van der Waals surface area contributed by atoms with E-state index in [1.807, 2.05) is 0 Å². The number of likely N-dealkylation sites (N-methyl/N-ethyl adjacent to an activating group) is 1. The Kier molecular flexibility index (Phi) is 4.99. The molecule has 0 aromatic heterocycles. The van der Waals surface area contributed by atoms with Crippen molar-refractivity contribution in [3.05, 3.63) is 0 Å². The van der Waals surface area contributed by atoms with Gasteiger partial charge < -0.3 is 20.7 Å². The van der Waals surface area contributed by atoms with Crippen LogP contribution in [0, 0.1) is 0 Å². The van der Waals surface area contributed by atoms with Crippen molar-refractivity contribution in [2.75, 3.05) is 40.3 Å². The van der Waals surface area contributed by atoms with Gasteiger partial charge in [0.1, 0.15) is 0 Å². The molecule has 1 aliphatic rings. The first-order chi connectivity index (χ1) is 7.12. The molecular formula is C11H25N3O. The maximum atomic E-state index is 5.90. The van der Waals surface area contributed by atoms with Crippen molar-refractivity contribution in [3.8, 4) is 0 Å². The minimum absolute atomic E-state index is 0.0970. The van der Waals surface area contributed by atoms with Gasteiger partial charge in [-0.25, -0.2) is 0 Å². The van der Waals surface area contributed by atoms with Crippen LogP contribution in [0.4, 0.5) is 0 Å². The van der Waals surface area contributed by atoms with Gasteiger partial charge in [0, 0.05) is 32.3 Å². The summed E-state index contributed by atoms with van der Waals surface area (Å²) < 4.78 is 5.24. The van der Waals surface area contributed by atoms with E-state index in [0.29, 0.717) is 6.54 Å². The molecule has 0 saturated carbocycles. The van der Waals surface area contributed by atoms with Crippen molar-refractivity contribution in [1.29, 1.82) is 0 Å². The van der Waals surface area contributed by atoms with Crippen LogP contribution in [0.5, 0.6) is 0 Å². The number of nitrogens with zero attached hydrogens (tertiary/aromatic N) is 1. The zero-order chi connectivity index (χ0) is 11.3. The highest BCUT2D eigenvalue weighted by Gasteiger charge is 2.32. The van der Waals surface area contributed by atoms with Crippen molar-refractivity contribution in [2.24, 2.45) is 5.73 Å². The zero-order valence-electron chi connectivity index (χ0n) is 10.3.